The van der Waals surface area contributed by atoms with Gasteiger partial charge in [0.15, 0.2) is 0 Å². The Kier molecular flexibility index (Phi) is 6.20. The largest absolute Gasteiger partial charge is 0.493 e. The Bertz CT molecular complexity index is 347. The van der Waals surface area contributed by atoms with Crippen molar-refractivity contribution in [1.82, 2.24) is 5.32 Å². The third kappa shape index (κ3) is 5.09. The van der Waals surface area contributed by atoms with Crippen molar-refractivity contribution in [2.24, 2.45) is 11.8 Å². The molecule has 0 aliphatic carbocycles. The fourth-order valence-electron chi connectivity index (χ4n) is 1.75. The van der Waals surface area contributed by atoms with Crippen LogP contribution in [0.2, 0.25) is 0 Å². The second kappa shape index (κ2) is 7.42. The van der Waals surface area contributed by atoms with Gasteiger partial charge in [-0.3, -0.25) is 0 Å². The van der Waals surface area contributed by atoms with E-state index in [1.165, 1.54) is 5.56 Å². The van der Waals surface area contributed by atoms with Crippen molar-refractivity contribution in [2.45, 2.75) is 40.7 Å². The number of hydrogen-bond donors (Lipinski definition) is 1. The molecule has 2 nitrogen and oxygen atoms in total. The van der Waals surface area contributed by atoms with Gasteiger partial charge in [-0.25, -0.2) is 0 Å². The Morgan fingerprint density at radius 2 is 1.67 bits per heavy atom. The molecule has 2 heteroatoms. The van der Waals surface area contributed by atoms with Gasteiger partial charge in [0.05, 0.1) is 6.61 Å². The first kappa shape index (κ1) is 15.0. The summed E-state index contributed by atoms with van der Waals surface area (Å²) in [6, 6.07) is 8.65. The van der Waals surface area contributed by atoms with Crippen LogP contribution in [0.15, 0.2) is 24.3 Å². The van der Waals surface area contributed by atoms with Crippen LogP contribution < -0.4 is 10.1 Å². The van der Waals surface area contributed by atoms with Crippen molar-refractivity contribution in [3.63, 3.8) is 0 Å². The van der Waals surface area contributed by atoms with E-state index in [-0.39, 0.29) is 0 Å². The molecule has 0 amide bonds. The van der Waals surface area contributed by atoms with Gasteiger partial charge in [-0.1, -0.05) is 45.9 Å². The van der Waals surface area contributed by atoms with E-state index in [0.29, 0.717) is 17.9 Å². The van der Waals surface area contributed by atoms with E-state index < -0.39 is 0 Å². The Morgan fingerprint density at radius 1 is 1.00 bits per heavy atom. The zero-order valence-electron chi connectivity index (χ0n) is 12.4. The van der Waals surface area contributed by atoms with E-state index in [1.807, 2.05) is 6.07 Å². The van der Waals surface area contributed by atoms with Gasteiger partial charge in [0.25, 0.3) is 0 Å². The summed E-state index contributed by atoms with van der Waals surface area (Å²) in [6.45, 7) is 12.8. The number of rotatable bonds is 7. The lowest BCUT2D eigenvalue weighted by Gasteiger charge is -2.20. The zero-order valence-corrected chi connectivity index (χ0v) is 12.4. The van der Waals surface area contributed by atoms with Gasteiger partial charge in [0.2, 0.25) is 0 Å². The molecule has 0 saturated carbocycles. The van der Waals surface area contributed by atoms with Gasteiger partial charge >= 0.3 is 0 Å². The van der Waals surface area contributed by atoms with Gasteiger partial charge in [0.1, 0.15) is 5.75 Å². The topological polar surface area (TPSA) is 21.3 Å². The monoisotopic (exact) mass is 249 g/mol. The van der Waals surface area contributed by atoms with E-state index in [0.717, 1.165) is 18.9 Å². The molecule has 0 fully saturated rings. The predicted octanol–water partition coefficient (Wildman–Crippen LogP) is 4.03. The van der Waals surface area contributed by atoms with Crippen LogP contribution in [0.1, 0.15) is 46.2 Å². The first-order chi connectivity index (χ1) is 8.50. The summed E-state index contributed by atoms with van der Waals surface area (Å²) in [5.41, 5.74) is 1.25. The number of ether oxygens (including phenoxy) is 1. The summed E-state index contributed by atoms with van der Waals surface area (Å²) in [7, 11) is 0. The molecule has 102 valence electrons. The van der Waals surface area contributed by atoms with Crippen molar-refractivity contribution in [2.75, 3.05) is 13.2 Å². The molecular formula is C16H27NO. The van der Waals surface area contributed by atoms with Crippen molar-refractivity contribution in [3.05, 3.63) is 29.8 Å². The van der Waals surface area contributed by atoms with Gasteiger partial charge in [-0.2, -0.15) is 0 Å². The van der Waals surface area contributed by atoms with Crippen molar-refractivity contribution < 1.29 is 4.74 Å². The third-order valence-electron chi connectivity index (χ3n) is 2.79. The highest BCUT2D eigenvalue weighted by Crippen LogP contribution is 2.25. The van der Waals surface area contributed by atoms with Crippen LogP contribution in [-0.2, 0) is 0 Å². The second-order valence-corrected chi connectivity index (χ2v) is 5.77. The van der Waals surface area contributed by atoms with E-state index >= 15 is 0 Å². The smallest absolute Gasteiger partial charge is 0.124 e. The molecule has 0 bridgehead atoms. The Hall–Kier alpha value is -1.02. The fourth-order valence-corrected chi connectivity index (χ4v) is 1.75. The molecule has 0 aliphatic rings. The normalized spacial score (nSPS) is 13.1. The highest BCUT2D eigenvalue weighted by molar-refractivity contribution is 5.35. The lowest BCUT2D eigenvalue weighted by atomic mass is 10.1. The van der Waals surface area contributed by atoms with Crippen molar-refractivity contribution >= 4 is 0 Å². The number of benzene rings is 1. The molecule has 0 aromatic heterocycles. The van der Waals surface area contributed by atoms with Crippen LogP contribution in [0, 0.1) is 11.8 Å². The Morgan fingerprint density at radius 3 is 2.28 bits per heavy atom. The predicted molar refractivity (Wildman–Crippen MR) is 78.0 cm³/mol. The minimum Gasteiger partial charge on any atom is -0.493 e. The maximum Gasteiger partial charge on any atom is 0.124 e. The third-order valence-corrected chi connectivity index (χ3v) is 2.79. The SMILES string of the molecule is CC(C)CNC(C)c1ccccc1OCC(C)C. The molecule has 1 aromatic carbocycles. The first-order valence-corrected chi connectivity index (χ1v) is 6.95. The van der Waals surface area contributed by atoms with Gasteiger partial charge < -0.3 is 10.1 Å². The molecule has 1 aromatic rings. The van der Waals surface area contributed by atoms with Gasteiger partial charge in [-0.05, 0) is 31.4 Å². The van der Waals surface area contributed by atoms with Crippen LogP contribution >= 0.6 is 0 Å². The molecule has 18 heavy (non-hydrogen) atoms. The van der Waals surface area contributed by atoms with Crippen molar-refractivity contribution in [3.8, 4) is 5.75 Å². The molecule has 1 unspecified atom stereocenters. The minimum atomic E-state index is 0.329. The average Bonchev–Trinajstić information content (AvgIpc) is 2.33. The first-order valence-electron chi connectivity index (χ1n) is 6.95. The average molecular weight is 249 g/mol. The van der Waals surface area contributed by atoms with E-state index in [1.54, 1.807) is 0 Å². The number of para-hydroxylation sites is 1. The molecule has 1 atom stereocenters. The Labute approximate surface area is 112 Å². The summed E-state index contributed by atoms with van der Waals surface area (Å²) in [6.07, 6.45) is 0. The molecule has 0 radical (unpaired) electrons. The summed E-state index contributed by atoms with van der Waals surface area (Å²) in [5.74, 6) is 2.23. The van der Waals surface area contributed by atoms with E-state index in [9.17, 15) is 0 Å². The summed E-state index contributed by atoms with van der Waals surface area (Å²) < 4.78 is 5.89. The van der Waals surface area contributed by atoms with Crippen LogP contribution in [0.25, 0.3) is 0 Å². The highest BCUT2D eigenvalue weighted by atomic mass is 16.5. The van der Waals surface area contributed by atoms with E-state index in [4.69, 9.17) is 4.74 Å². The number of nitrogens with one attached hydrogen (secondary N) is 1. The van der Waals surface area contributed by atoms with E-state index in [2.05, 4.69) is 58.1 Å². The van der Waals surface area contributed by atoms with Crippen LogP contribution in [0.3, 0.4) is 0 Å². The molecule has 0 aliphatic heterocycles. The molecule has 0 saturated heterocycles. The minimum absolute atomic E-state index is 0.329. The summed E-state index contributed by atoms with van der Waals surface area (Å²) >= 11 is 0. The standard InChI is InChI=1S/C16H27NO/c1-12(2)10-17-14(5)15-8-6-7-9-16(15)18-11-13(3)4/h6-9,12-14,17H,10-11H2,1-5H3. The van der Waals surface area contributed by atoms with Crippen LogP contribution in [-0.4, -0.2) is 13.2 Å². The lowest BCUT2D eigenvalue weighted by Crippen LogP contribution is -2.23. The molecular weight excluding hydrogens is 222 g/mol. The second-order valence-electron chi connectivity index (χ2n) is 5.77. The van der Waals surface area contributed by atoms with Crippen LogP contribution in [0.5, 0.6) is 5.75 Å². The molecule has 0 spiro atoms. The van der Waals surface area contributed by atoms with Crippen LogP contribution in [0.4, 0.5) is 0 Å². The highest BCUT2D eigenvalue weighted by Gasteiger charge is 2.11. The summed E-state index contributed by atoms with van der Waals surface area (Å²) in [4.78, 5) is 0. The van der Waals surface area contributed by atoms with Gasteiger partial charge in [0, 0.05) is 11.6 Å². The molecule has 1 N–H and O–H groups in total. The van der Waals surface area contributed by atoms with Crippen molar-refractivity contribution in [1.29, 1.82) is 0 Å². The molecule has 0 heterocycles. The zero-order chi connectivity index (χ0) is 13.5. The maximum absolute atomic E-state index is 5.89. The maximum atomic E-state index is 5.89. The van der Waals surface area contributed by atoms with Gasteiger partial charge in [-0.15, -0.1) is 0 Å². The number of hydrogen-bond acceptors (Lipinski definition) is 2. The fraction of sp³-hybridized carbons (Fsp3) is 0.625. The molecule has 1 rings (SSSR count). The summed E-state index contributed by atoms with van der Waals surface area (Å²) in [5, 5.41) is 3.55. The quantitative estimate of drug-likeness (QED) is 0.788. The Balaban J connectivity index is 2.68. The lowest BCUT2D eigenvalue weighted by molar-refractivity contribution is 0.266.